The van der Waals surface area contributed by atoms with Crippen LogP contribution >= 0.6 is 0 Å². The highest BCUT2D eigenvalue weighted by Crippen LogP contribution is 2.42. The molecule has 13 rings (SSSR count). The Kier molecular flexibility index (Phi) is 19.8. The summed E-state index contributed by atoms with van der Waals surface area (Å²) in [7, 11) is 0. The predicted molar refractivity (Wildman–Crippen MR) is 328 cm³/mol. The standard InChI is InChI=1S/C23H20O5.C19H20O5.C17H16O5.C14H10O6/c1-14-10-19(11-21(24)27-14)17-6-2-15(3-7-17)16-4-8-18(9-5-16)20-12-22(25)28-23(26)13-20;1-12-8-18(2,9-15(20)23-12)13-4-6-14(7-5-13)19(3)10-16(21)24-17(22)11-19;1-10-6-13(7-15(18)21-10)11-2-4-12(5-3-11)14-8-16(19)22-17(20)9-14;15-11-5-9(13(17)19-11)7-1-2-8(4-3-7)10-6-12(16)20-14(10)18/h2-9,19-20H,1,10-13H2;4-7H,1,8-11H2,2-3H3;2-5,13-14H,1,6-9H2;1-4,9-10H,5-6H2. The topological polar surface area (TPSA) is 296 Å². The van der Waals surface area contributed by atoms with Crippen LogP contribution in [0.2, 0.25) is 0 Å². The Morgan fingerprint density at radius 1 is 0.266 bits per heavy atom. The Hall–Kier alpha value is -10.6. The fourth-order valence-corrected chi connectivity index (χ4v) is 12.9. The van der Waals surface area contributed by atoms with E-state index in [1.54, 1.807) is 24.3 Å². The highest BCUT2D eigenvalue weighted by atomic mass is 16.6. The van der Waals surface area contributed by atoms with Crippen molar-refractivity contribution < 1.29 is 100 Å². The van der Waals surface area contributed by atoms with Crippen LogP contribution in [0.3, 0.4) is 0 Å². The third-order valence-electron chi connectivity index (χ3n) is 17.8. The fourth-order valence-electron chi connectivity index (χ4n) is 12.9. The zero-order chi connectivity index (χ0) is 67.2. The van der Waals surface area contributed by atoms with Gasteiger partial charge in [-0.15, -0.1) is 0 Å². The highest BCUT2D eigenvalue weighted by Gasteiger charge is 2.42. The molecule has 0 aromatic heterocycles. The van der Waals surface area contributed by atoms with E-state index in [9.17, 15) is 62.3 Å². The van der Waals surface area contributed by atoms with Gasteiger partial charge in [0.05, 0.1) is 82.5 Å². The molecule has 8 heterocycles. The molecular weight excluding hydrogens is 1210 g/mol. The molecule has 5 aromatic rings. The molecule has 8 saturated heterocycles. The summed E-state index contributed by atoms with van der Waals surface area (Å²) in [5.41, 5.74) is 8.46. The van der Waals surface area contributed by atoms with E-state index in [0.717, 1.165) is 44.5 Å². The van der Waals surface area contributed by atoms with Crippen LogP contribution in [0.4, 0.5) is 0 Å². The molecule has 94 heavy (non-hydrogen) atoms. The van der Waals surface area contributed by atoms with Crippen molar-refractivity contribution in [2.75, 3.05) is 0 Å². The molecule has 21 nitrogen and oxygen atoms in total. The molecule has 0 saturated carbocycles. The highest BCUT2D eigenvalue weighted by molar-refractivity contribution is 5.99. The molecule has 0 N–H and O–H groups in total. The molecule has 5 atom stereocenters. The summed E-state index contributed by atoms with van der Waals surface area (Å²) in [6, 6.07) is 38.2. The molecule has 0 spiro atoms. The molecular formula is C73H66O21. The second kappa shape index (κ2) is 28.1. The molecule has 21 heteroatoms. The summed E-state index contributed by atoms with van der Waals surface area (Å²) in [4.78, 5) is 149. The zero-order valence-corrected chi connectivity index (χ0v) is 51.6. The molecule has 0 bridgehead atoms. The normalized spacial score (nSPS) is 23.9. The number of benzene rings is 5. The maximum atomic E-state index is 11.7. The Balaban J connectivity index is 0.000000138. The van der Waals surface area contributed by atoms with Gasteiger partial charge in [-0.1, -0.05) is 155 Å². The summed E-state index contributed by atoms with van der Waals surface area (Å²) in [5.74, 6) is -5.56. The average Bonchev–Trinajstić information content (AvgIpc) is 1.01. The minimum atomic E-state index is -0.589. The number of ether oxygens (including phenoxy) is 8. The third kappa shape index (κ3) is 16.4. The molecule has 8 aliphatic heterocycles. The van der Waals surface area contributed by atoms with Gasteiger partial charge in [0, 0.05) is 53.8 Å². The predicted octanol–water partition coefficient (Wildman–Crippen LogP) is 10.5. The number of hydrogen-bond donors (Lipinski definition) is 0. The zero-order valence-electron chi connectivity index (χ0n) is 51.6. The Labute approximate surface area is 539 Å². The smallest absolute Gasteiger partial charge is 0.321 e. The Morgan fingerprint density at radius 2 is 0.511 bits per heavy atom. The number of hydrogen-bond acceptors (Lipinski definition) is 21. The van der Waals surface area contributed by atoms with E-state index in [1.165, 1.54) is 0 Å². The van der Waals surface area contributed by atoms with E-state index in [-0.39, 0.29) is 98.4 Å². The van der Waals surface area contributed by atoms with Gasteiger partial charge in [0.25, 0.3) is 0 Å². The summed E-state index contributed by atoms with van der Waals surface area (Å²) in [6.07, 6.45) is 4.19. The van der Waals surface area contributed by atoms with Crippen molar-refractivity contribution in [3.63, 3.8) is 0 Å². The molecule has 0 radical (unpaired) electrons. The van der Waals surface area contributed by atoms with E-state index >= 15 is 0 Å². The van der Waals surface area contributed by atoms with Gasteiger partial charge in [0.1, 0.15) is 17.3 Å². The lowest BCUT2D eigenvalue weighted by molar-refractivity contribution is -0.167. The molecule has 0 amide bonds. The van der Waals surface area contributed by atoms with Gasteiger partial charge in [-0.25, -0.2) is 0 Å². The SMILES string of the molecule is C=C1CC(C)(c2ccc(C3(C)CC(=O)OC(=O)C3)cc2)CC(=O)O1.C=C1CC(c2ccc(-c3ccc(C4CC(=O)OC(=O)C4)cc3)cc2)CC(=O)O1.C=C1CC(c2ccc(C3CC(=O)OC(=O)C3)cc2)CC(=O)O1.O=C1CC(c2ccc(C3CC(=O)OC3=O)cc2)C(=O)O1. The number of carbonyl (C=O) groups excluding carboxylic acids is 13. The number of cyclic esters (lactones) is 13. The van der Waals surface area contributed by atoms with Crippen molar-refractivity contribution in [3.05, 3.63) is 203 Å². The third-order valence-corrected chi connectivity index (χ3v) is 17.8. The second-order valence-electron chi connectivity index (χ2n) is 25.1. The van der Waals surface area contributed by atoms with Crippen LogP contribution < -0.4 is 0 Å². The van der Waals surface area contributed by atoms with E-state index < -0.39 is 76.9 Å². The van der Waals surface area contributed by atoms with Crippen LogP contribution in [-0.4, -0.2) is 77.6 Å². The maximum absolute atomic E-state index is 11.7. The van der Waals surface area contributed by atoms with Gasteiger partial charge in [0.15, 0.2) is 0 Å². The molecule has 8 fully saturated rings. The van der Waals surface area contributed by atoms with E-state index in [0.29, 0.717) is 66.9 Å². The van der Waals surface area contributed by atoms with Gasteiger partial charge in [-0.05, 0) is 55.6 Å². The van der Waals surface area contributed by atoms with Crippen molar-refractivity contribution in [3.8, 4) is 11.1 Å². The van der Waals surface area contributed by atoms with Crippen molar-refractivity contribution in [2.45, 2.75) is 150 Å². The lowest BCUT2D eigenvalue weighted by atomic mass is 9.72. The lowest BCUT2D eigenvalue weighted by Gasteiger charge is -2.35. The minimum absolute atomic E-state index is 0.0299. The first-order valence-electron chi connectivity index (χ1n) is 30.6. The van der Waals surface area contributed by atoms with Gasteiger partial charge in [0.2, 0.25) is 0 Å². The average molecular weight is 1280 g/mol. The van der Waals surface area contributed by atoms with Crippen LogP contribution in [0.5, 0.6) is 0 Å². The van der Waals surface area contributed by atoms with Gasteiger partial charge < -0.3 is 37.9 Å². The van der Waals surface area contributed by atoms with Crippen LogP contribution in [0.1, 0.15) is 184 Å². The van der Waals surface area contributed by atoms with Crippen molar-refractivity contribution in [2.24, 2.45) is 0 Å². The summed E-state index contributed by atoms with van der Waals surface area (Å²) >= 11 is 0. The van der Waals surface area contributed by atoms with Crippen LogP contribution in [0.25, 0.3) is 11.1 Å². The van der Waals surface area contributed by atoms with Crippen molar-refractivity contribution in [1.82, 2.24) is 0 Å². The maximum Gasteiger partial charge on any atom is 0.321 e. The Morgan fingerprint density at radius 3 is 0.809 bits per heavy atom. The monoisotopic (exact) mass is 1280 g/mol. The van der Waals surface area contributed by atoms with Crippen molar-refractivity contribution in [1.29, 1.82) is 0 Å². The van der Waals surface area contributed by atoms with Crippen LogP contribution in [0.15, 0.2) is 158 Å². The molecule has 0 aliphatic carbocycles. The summed E-state index contributed by atoms with van der Waals surface area (Å²) in [5, 5.41) is 0. The fraction of sp³-hybridized carbons (Fsp3) is 0.329. The molecule has 8 aliphatic rings. The van der Waals surface area contributed by atoms with Gasteiger partial charge in [-0.3, -0.25) is 62.3 Å². The molecule has 5 aromatic carbocycles. The number of esters is 13. The quantitative estimate of drug-likeness (QED) is 0.0752. The first kappa shape index (κ1) is 66.4. The van der Waals surface area contributed by atoms with E-state index in [4.69, 9.17) is 14.2 Å². The number of rotatable bonds is 9. The first-order valence-corrected chi connectivity index (χ1v) is 30.6. The molecule has 484 valence electrons. The minimum Gasteiger partial charge on any atom is -0.432 e. The first-order chi connectivity index (χ1) is 44.7. The van der Waals surface area contributed by atoms with Crippen molar-refractivity contribution >= 4 is 77.6 Å². The van der Waals surface area contributed by atoms with Crippen LogP contribution in [-0.2, 0) is 111 Å². The van der Waals surface area contributed by atoms with Crippen LogP contribution in [0, 0.1) is 0 Å². The van der Waals surface area contributed by atoms with Gasteiger partial charge >= 0.3 is 77.6 Å². The van der Waals surface area contributed by atoms with E-state index in [1.807, 2.05) is 111 Å². The second-order valence-corrected chi connectivity index (χ2v) is 25.1. The van der Waals surface area contributed by atoms with Gasteiger partial charge in [-0.2, -0.15) is 0 Å². The summed E-state index contributed by atoms with van der Waals surface area (Å²) in [6.45, 7) is 15.2. The number of carbonyl (C=O) groups is 13. The lowest BCUT2D eigenvalue weighted by Crippen LogP contribution is -2.37. The summed E-state index contributed by atoms with van der Waals surface area (Å²) < 4.78 is 37.8. The Bertz CT molecular complexity index is 3600. The largest absolute Gasteiger partial charge is 0.432 e. The number of allylic oxidation sites excluding steroid dienone is 3. The molecule has 5 unspecified atom stereocenters. The van der Waals surface area contributed by atoms with E-state index in [2.05, 4.69) is 43.4 Å².